The zero-order chi connectivity index (χ0) is 23.0. The van der Waals surface area contributed by atoms with Crippen LogP contribution in [0.4, 0.5) is 10.8 Å². The SMILES string of the molecule is Cc1nnc(N2C(=O)c3ccc(C(=O)OCC(=O)Nc4ccc(Br)cc4C)cc3C2=O)s1. The van der Waals surface area contributed by atoms with Crippen LogP contribution in [0, 0.1) is 13.8 Å². The summed E-state index contributed by atoms with van der Waals surface area (Å²) >= 11 is 4.46. The van der Waals surface area contributed by atoms with Crippen LogP contribution in [0.15, 0.2) is 40.9 Å². The predicted molar refractivity (Wildman–Crippen MR) is 120 cm³/mol. The van der Waals surface area contributed by atoms with Crippen LogP contribution >= 0.6 is 27.3 Å². The van der Waals surface area contributed by atoms with E-state index in [1.165, 1.54) is 18.2 Å². The lowest BCUT2D eigenvalue weighted by Crippen LogP contribution is -2.29. The van der Waals surface area contributed by atoms with Gasteiger partial charge in [-0.2, -0.15) is 0 Å². The molecule has 1 aliphatic heterocycles. The third-order valence-corrected chi connectivity index (χ3v) is 5.94. The monoisotopic (exact) mass is 514 g/mol. The second-order valence-electron chi connectivity index (χ2n) is 6.89. The van der Waals surface area contributed by atoms with E-state index in [0.717, 1.165) is 26.3 Å². The van der Waals surface area contributed by atoms with E-state index in [1.54, 1.807) is 19.1 Å². The Balaban J connectivity index is 1.44. The molecule has 162 valence electrons. The molecule has 32 heavy (non-hydrogen) atoms. The van der Waals surface area contributed by atoms with Gasteiger partial charge in [-0.1, -0.05) is 27.3 Å². The van der Waals surface area contributed by atoms with Gasteiger partial charge in [-0.25, -0.2) is 9.69 Å². The van der Waals surface area contributed by atoms with E-state index >= 15 is 0 Å². The number of fused-ring (bicyclic) bond motifs is 1. The highest BCUT2D eigenvalue weighted by atomic mass is 79.9. The van der Waals surface area contributed by atoms with Crippen LogP contribution in [0.25, 0.3) is 0 Å². The molecule has 4 rings (SSSR count). The Hall–Kier alpha value is -3.44. The quantitative estimate of drug-likeness (QED) is 0.408. The summed E-state index contributed by atoms with van der Waals surface area (Å²) in [4.78, 5) is 50.8. The first kappa shape index (κ1) is 21.8. The van der Waals surface area contributed by atoms with Crippen LogP contribution in [0.3, 0.4) is 0 Å². The van der Waals surface area contributed by atoms with Crippen molar-refractivity contribution in [3.05, 3.63) is 68.1 Å². The molecule has 0 radical (unpaired) electrons. The maximum absolute atomic E-state index is 12.7. The molecule has 0 aliphatic carbocycles. The lowest BCUT2D eigenvalue weighted by molar-refractivity contribution is -0.119. The number of ether oxygens (including phenoxy) is 1. The fraction of sp³-hybridized carbons (Fsp3) is 0.143. The summed E-state index contributed by atoms with van der Waals surface area (Å²) in [5.74, 6) is -2.43. The predicted octanol–water partition coefficient (Wildman–Crippen LogP) is 3.51. The number of aryl methyl sites for hydroxylation is 2. The van der Waals surface area contributed by atoms with Crippen molar-refractivity contribution in [2.45, 2.75) is 13.8 Å². The zero-order valence-electron chi connectivity index (χ0n) is 16.8. The van der Waals surface area contributed by atoms with Crippen LogP contribution in [0.1, 0.15) is 41.6 Å². The second-order valence-corrected chi connectivity index (χ2v) is 8.97. The lowest BCUT2D eigenvalue weighted by Gasteiger charge is -2.09. The first-order chi connectivity index (χ1) is 15.2. The smallest absolute Gasteiger partial charge is 0.338 e. The van der Waals surface area contributed by atoms with Gasteiger partial charge >= 0.3 is 5.97 Å². The molecule has 0 fully saturated rings. The van der Waals surface area contributed by atoms with Gasteiger partial charge in [0.1, 0.15) is 5.01 Å². The van der Waals surface area contributed by atoms with E-state index < -0.39 is 30.3 Å². The van der Waals surface area contributed by atoms with Gasteiger partial charge in [-0.3, -0.25) is 14.4 Å². The zero-order valence-corrected chi connectivity index (χ0v) is 19.2. The average Bonchev–Trinajstić information content (AvgIpc) is 3.28. The number of anilines is 2. The van der Waals surface area contributed by atoms with Gasteiger partial charge < -0.3 is 10.1 Å². The minimum absolute atomic E-state index is 0.0489. The Labute approximate surface area is 194 Å². The molecule has 9 nitrogen and oxygen atoms in total. The molecule has 2 aromatic carbocycles. The van der Waals surface area contributed by atoms with E-state index in [0.29, 0.717) is 10.7 Å². The Kier molecular flexibility index (Phi) is 5.85. The van der Waals surface area contributed by atoms with Crippen LogP contribution in [0.5, 0.6) is 0 Å². The van der Waals surface area contributed by atoms with Gasteiger partial charge in [-0.15, -0.1) is 10.2 Å². The number of aromatic nitrogens is 2. The normalized spacial score (nSPS) is 12.7. The van der Waals surface area contributed by atoms with Crippen LogP contribution in [-0.4, -0.2) is 40.5 Å². The highest BCUT2D eigenvalue weighted by Crippen LogP contribution is 2.31. The van der Waals surface area contributed by atoms with Gasteiger partial charge in [0.25, 0.3) is 17.7 Å². The van der Waals surface area contributed by atoms with E-state index in [2.05, 4.69) is 31.4 Å². The van der Waals surface area contributed by atoms with Crippen LogP contribution in [-0.2, 0) is 9.53 Å². The number of nitrogens with zero attached hydrogens (tertiary/aromatic N) is 3. The summed E-state index contributed by atoms with van der Waals surface area (Å²) in [6, 6.07) is 9.39. The van der Waals surface area contributed by atoms with Crippen molar-refractivity contribution in [1.29, 1.82) is 0 Å². The van der Waals surface area contributed by atoms with Crippen molar-refractivity contribution in [1.82, 2.24) is 10.2 Å². The van der Waals surface area contributed by atoms with Gasteiger partial charge in [0, 0.05) is 10.2 Å². The maximum atomic E-state index is 12.7. The highest BCUT2D eigenvalue weighted by Gasteiger charge is 2.39. The van der Waals surface area contributed by atoms with E-state index in [-0.39, 0.29) is 21.8 Å². The molecule has 0 bridgehead atoms. The molecule has 0 spiro atoms. The third kappa shape index (κ3) is 4.16. The molecular formula is C21H15BrN4O5S. The first-order valence-electron chi connectivity index (χ1n) is 9.30. The Morgan fingerprint density at radius 3 is 2.50 bits per heavy atom. The summed E-state index contributed by atoms with van der Waals surface area (Å²) < 4.78 is 5.95. The van der Waals surface area contributed by atoms with Gasteiger partial charge in [-0.05, 0) is 55.8 Å². The number of esters is 1. The largest absolute Gasteiger partial charge is 0.452 e. The lowest BCUT2D eigenvalue weighted by atomic mass is 10.1. The topological polar surface area (TPSA) is 119 Å². The van der Waals surface area contributed by atoms with Crippen molar-refractivity contribution in [2.75, 3.05) is 16.8 Å². The summed E-state index contributed by atoms with van der Waals surface area (Å²) in [5.41, 5.74) is 1.71. The molecule has 3 aromatic rings. The van der Waals surface area contributed by atoms with Crippen LogP contribution in [0.2, 0.25) is 0 Å². The van der Waals surface area contributed by atoms with Gasteiger partial charge in [0.2, 0.25) is 5.13 Å². The Morgan fingerprint density at radius 1 is 1.06 bits per heavy atom. The van der Waals surface area contributed by atoms with Crippen molar-refractivity contribution in [3.8, 4) is 0 Å². The summed E-state index contributed by atoms with van der Waals surface area (Å²) in [5, 5.41) is 11.1. The molecule has 0 atom stereocenters. The number of hydrogen-bond acceptors (Lipinski definition) is 8. The van der Waals surface area contributed by atoms with E-state index in [4.69, 9.17) is 4.74 Å². The van der Waals surface area contributed by atoms with Crippen molar-refractivity contribution >= 4 is 61.8 Å². The van der Waals surface area contributed by atoms with Crippen molar-refractivity contribution in [2.24, 2.45) is 0 Å². The molecule has 1 aromatic heterocycles. The number of carbonyl (C=O) groups is 4. The highest BCUT2D eigenvalue weighted by molar-refractivity contribution is 9.10. The minimum Gasteiger partial charge on any atom is -0.452 e. The standard InChI is InChI=1S/C21H15BrN4O5S/c1-10-7-13(22)4-6-16(10)23-17(27)9-31-20(30)12-3-5-14-15(8-12)19(29)26(18(14)28)21-25-24-11(2)32-21/h3-8H,9H2,1-2H3,(H,23,27). The number of imide groups is 1. The number of hydrogen-bond donors (Lipinski definition) is 1. The summed E-state index contributed by atoms with van der Waals surface area (Å²) in [6.45, 7) is 3.04. The average molecular weight is 515 g/mol. The van der Waals surface area contributed by atoms with Crippen molar-refractivity contribution < 1.29 is 23.9 Å². The third-order valence-electron chi connectivity index (χ3n) is 4.63. The summed E-state index contributed by atoms with van der Waals surface area (Å²) in [7, 11) is 0. The first-order valence-corrected chi connectivity index (χ1v) is 10.9. The molecule has 2 heterocycles. The number of nitrogens with one attached hydrogen (secondary N) is 1. The molecule has 0 saturated carbocycles. The molecule has 1 aliphatic rings. The van der Waals surface area contributed by atoms with Crippen molar-refractivity contribution in [3.63, 3.8) is 0 Å². The molecule has 11 heteroatoms. The van der Waals surface area contributed by atoms with Gasteiger partial charge in [0.15, 0.2) is 6.61 Å². The molecular weight excluding hydrogens is 500 g/mol. The van der Waals surface area contributed by atoms with Gasteiger partial charge in [0.05, 0.1) is 16.7 Å². The maximum Gasteiger partial charge on any atom is 0.338 e. The van der Waals surface area contributed by atoms with E-state index in [9.17, 15) is 19.2 Å². The number of rotatable bonds is 5. The number of amides is 3. The summed E-state index contributed by atoms with van der Waals surface area (Å²) in [6.07, 6.45) is 0. The second kappa shape index (κ2) is 8.60. The molecule has 0 unspecified atom stereocenters. The molecule has 1 N–H and O–H groups in total. The Bertz CT molecular complexity index is 1290. The fourth-order valence-electron chi connectivity index (χ4n) is 3.09. The van der Waals surface area contributed by atoms with E-state index in [1.807, 2.05) is 13.0 Å². The number of halogens is 1. The van der Waals surface area contributed by atoms with Crippen LogP contribution < -0.4 is 10.2 Å². The molecule has 0 saturated heterocycles. The number of benzene rings is 2. The molecule has 3 amide bonds. The number of carbonyl (C=O) groups excluding carboxylic acids is 4. The fourth-order valence-corrected chi connectivity index (χ4v) is 4.25. The minimum atomic E-state index is -0.791. The Morgan fingerprint density at radius 2 is 1.81 bits per heavy atom.